The number of hydrogen-bond donors (Lipinski definition) is 1. The Hall–Kier alpha value is -2.67. The molecule has 1 aromatic carbocycles. The van der Waals surface area contributed by atoms with Gasteiger partial charge in [-0.25, -0.2) is 9.97 Å². The van der Waals surface area contributed by atoms with Gasteiger partial charge in [-0.15, -0.1) is 0 Å². The van der Waals surface area contributed by atoms with Gasteiger partial charge in [0, 0.05) is 18.8 Å². The number of ether oxygens (including phenoxy) is 1. The molecule has 3 aromatic rings. The van der Waals surface area contributed by atoms with Crippen LogP contribution in [0.25, 0.3) is 16.9 Å². The first kappa shape index (κ1) is 13.0. The molecule has 0 aliphatic carbocycles. The Morgan fingerprint density at radius 2 is 1.82 bits per heavy atom. The van der Waals surface area contributed by atoms with Crippen LogP contribution in [0.5, 0.6) is 5.75 Å². The molecule has 0 spiro atoms. The van der Waals surface area contributed by atoms with Crippen LogP contribution in [0.2, 0.25) is 0 Å². The normalized spacial score (nSPS) is 15.4. The number of phenols is 1. The Morgan fingerprint density at radius 3 is 2.59 bits per heavy atom. The smallest absolute Gasteiger partial charge is 0.227 e. The zero-order chi connectivity index (χ0) is 14.9. The highest BCUT2D eigenvalue weighted by Crippen LogP contribution is 2.20. The Kier molecular flexibility index (Phi) is 3.12. The number of nitrogens with zero attached hydrogens (tertiary/aromatic N) is 5. The van der Waals surface area contributed by atoms with Crippen LogP contribution in [0, 0.1) is 0 Å². The summed E-state index contributed by atoms with van der Waals surface area (Å²) in [5.74, 6) is 0.924. The molecule has 0 amide bonds. The van der Waals surface area contributed by atoms with E-state index in [1.54, 1.807) is 24.7 Å². The number of benzene rings is 1. The number of aromatic hydroxyl groups is 1. The lowest BCUT2D eigenvalue weighted by Crippen LogP contribution is -2.37. The molecule has 2 aromatic heterocycles. The van der Waals surface area contributed by atoms with Gasteiger partial charge in [0.25, 0.3) is 0 Å². The second-order valence-corrected chi connectivity index (χ2v) is 5.11. The lowest BCUT2D eigenvalue weighted by molar-refractivity contribution is 0.122. The molecule has 3 heterocycles. The minimum absolute atomic E-state index is 0.233. The standard InChI is InChI=1S/C15H15N5O2/c21-12-3-1-11(2-4-12)20-10-17-13-9-16-15(18-14(13)20)19-5-7-22-8-6-19/h1-4,9-10,21H,5-8H2. The van der Waals surface area contributed by atoms with Crippen molar-refractivity contribution in [3.05, 3.63) is 36.8 Å². The summed E-state index contributed by atoms with van der Waals surface area (Å²) in [6, 6.07) is 6.94. The molecule has 7 nitrogen and oxygen atoms in total. The second-order valence-electron chi connectivity index (χ2n) is 5.11. The van der Waals surface area contributed by atoms with Crippen LogP contribution in [0.1, 0.15) is 0 Å². The molecule has 4 rings (SSSR count). The summed E-state index contributed by atoms with van der Waals surface area (Å²) in [5, 5.41) is 9.41. The van der Waals surface area contributed by atoms with Crippen LogP contribution >= 0.6 is 0 Å². The number of rotatable bonds is 2. The van der Waals surface area contributed by atoms with Crippen molar-refractivity contribution in [3.8, 4) is 11.4 Å². The summed E-state index contributed by atoms with van der Waals surface area (Å²) in [6.07, 6.45) is 3.46. The van der Waals surface area contributed by atoms with E-state index in [0.717, 1.165) is 29.9 Å². The van der Waals surface area contributed by atoms with Gasteiger partial charge in [-0.3, -0.25) is 4.57 Å². The minimum atomic E-state index is 0.233. The number of imidazole rings is 1. The first-order valence-electron chi connectivity index (χ1n) is 7.13. The molecule has 1 aliphatic rings. The maximum Gasteiger partial charge on any atom is 0.227 e. The van der Waals surface area contributed by atoms with Crippen LogP contribution < -0.4 is 4.90 Å². The van der Waals surface area contributed by atoms with Crippen molar-refractivity contribution in [2.45, 2.75) is 0 Å². The van der Waals surface area contributed by atoms with Gasteiger partial charge in [-0.2, -0.15) is 4.98 Å². The highest BCUT2D eigenvalue weighted by atomic mass is 16.5. The van der Waals surface area contributed by atoms with E-state index in [-0.39, 0.29) is 5.75 Å². The highest BCUT2D eigenvalue weighted by molar-refractivity contribution is 5.73. The van der Waals surface area contributed by atoms with Gasteiger partial charge in [-0.1, -0.05) is 0 Å². The van der Waals surface area contributed by atoms with Gasteiger partial charge in [0.05, 0.1) is 19.4 Å². The summed E-state index contributed by atoms with van der Waals surface area (Å²) in [4.78, 5) is 15.5. The summed E-state index contributed by atoms with van der Waals surface area (Å²) in [5.41, 5.74) is 2.39. The van der Waals surface area contributed by atoms with E-state index in [2.05, 4.69) is 19.9 Å². The molecule has 0 radical (unpaired) electrons. The summed E-state index contributed by atoms with van der Waals surface area (Å²) in [7, 11) is 0. The summed E-state index contributed by atoms with van der Waals surface area (Å²) in [6.45, 7) is 2.97. The van der Waals surface area contributed by atoms with Crippen LogP contribution in [0.4, 0.5) is 5.95 Å². The summed E-state index contributed by atoms with van der Waals surface area (Å²) < 4.78 is 7.25. The number of phenolic OH excluding ortho intramolecular Hbond substituents is 1. The summed E-state index contributed by atoms with van der Waals surface area (Å²) >= 11 is 0. The fourth-order valence-electron chi connectivity index (χ4n) is 2.52. The van der Waals surface area contributed by atoms with Crippen molar-refractivity contribution in [1.82, 2.24) is 19.5 Å². The number of morpholine rings is 1. The van der Waals surface area contributed by atoms with Crippen molar-refractivity contribution in [3.63, 3.8) is 0 Å². The molecule has 1 saturated heterocycles. The molecule has 0 atom stereocenters. The molecule has 22 heavy (non-hydrogen) atoms. The Morgan fingerprint density at radius 1 is 1.05 bits per heavy atom. The van der Waals surface area contributed by atoms with Gasteiger partial charge in [0.15, 0.2) is 5.65 Å². The Balaban J connectivity index is 1.77. The van der Waals surface area contributed by atoms with E-state index in [1.807, 2.05) is 16.7 Å². The number of hydrogen-bond acceptors (Lipinski definition) is 6. The van der Waals surface area contributed by atoms with E-state index in [0.29, 0.717) is 19.2 Å². The van der Waals surface area contributed by atoms with Crippen LogP contribution in [0.15, 0.2) is 36.8 Å². The lowest BCUT2D eigenvalue weighted by Gasteiger charge is -2.26. The zero-order valence-electron chi connectivity index (χ0n) is 11.9. The fraction of sp³-hybridized carbons (Fsp3) is 0.267. The molecular weight excluding hydrogens is 282 g/mol. The van der Waals surface area contributed by atoms with Crippen molar-refractivity contribution < 1.29 is 9.84 Å². The van der Waals surface area contributed by atoms with Gasteiger partial charge >= 0.3 is 0 Å². The fourth-order valence-corrected chi connectivity index (χ4v) is 2.52. The lowest BCUT2D eigenvalue weighted by atomic mass is 10.3. The zero-order valence-corrected chi connectivity index (χ0v) is 11.9. The van der Waals surface area contributed by atoms with Crippen LogP contribution in [-0.4, -0.2) is 50.9 Å². The maximum absolute atomic E-state index is 9.41. The third-order valence-electron chi connectivity index (χ3n) is 3.70. The number of aromatic nitrogens is 4. The van der Waals surface area contributed by atoms with E-state index in [4.69, 9.17) is 4.74 Å². The first-order chi connectivity index (χ1) is 10.8. The SMILES string of the molecule is Oc1ccc(-n2cnc3cnc(N4CCOCC4)nc32)cc1. The van der Waals surface area contributed by atoms with E-state index in [1.165, 1.54) is 0 Å². The average molecular weight is 297 g/mol. The van der Waals surface area contributed by atoms with Gasteiger partial charge in [-0.05, 0) is 24.3 Å². The maximum atomic E-state index is 9.41. The Labute approximate surface area is 126 Å². The average Bonchev–Trinajstić information content (AvgIpc) is 2.99. The largest absolute Gasteiger partial charge is 0.508 e. The van der Waals surface area contributed by atoms with Crippen molar-refractivity contribution in [2.75, 3.05) is 31.2 Å². The predicted octanol–water partition coefficient (Wildman–Crippen LogP) is 1.36. The molecule has 1 aliphatic heterocycles. The van der Waals surface area contributed by atoms with E-state index in [9.17, 15) is 5.11 Å². The predicted molar refractivity (Wildman–Crippen MR) is 81.4 cm³/mol. The number of anilines is 1. The quantitative estimate of drug-likeness (QED) is 0.769. The van der Waals surface area contributed by atoms with Crippen molar-refractivity contribution in [2.24, 2.45) is 0 Å². The second kappa shape index (κ2) is 5.27. The van der Waals surface area contributed by atoms with E-state index >= 15 is 0 Å². The molecular formula is C15H15N5O2. The van der Waals surface area contributed by atoms with Crippen LogP contribution in [0.3, 0.4) is 0 Å². The molecule has 1 N–H and O–H groups in total. The minimum Gasteiger partial charge on any atom is -0.508 e. The van der Waals surface area contributed by atoms with Gasteiger partial charge in [0.2, 0.25) is 5.95 Å². The molecule has 0 bridgehead atoms. The molecule has 7 heteroatoms. The molecule has 0 unspecified atom stereocenters. The van der Waals surface area contributed by atoms with Crippen molar-refractivity contribution >= 4 is 17.1 Å². The number of fused-ring (bicyclic) bond motifs is 1. The monoisotopic (exact) mass is 297 g/mol. The Bertz CT molecular complexity index is 793. The topological polar surface area (TPSA) is 76.3 Å². The van der Waals surface area contributed by atoms with Gasteiger partial charge in [0.1, 0.15) is 17.6 Å². The molecule has 1 fully saturated rings. The third-order valence-corrected chi connectivity index (χ3v) is 3.70. The third kappa shape index (κ3) is 2.25. The molecule has 112 valence electrons. The van der Waals surface area contributed by atoms with Gasteiger partial charge < -0.3 is 14.7 Å². The highest BCUT2D eigenvalue weighted by Gasteiger charge is 2.16. The molecule has 0 saturated carbocycles. The van der Waals surface area contributed by atoms with E-state index < -0.39 is 0 Å². The first-order valence-corrected chi connectivity index (χ1v) is 7.13. The van der Waals surface area contributed by atoms with Crippen molar-refractivity contribution in [1.29, 1.82) is 0 Å². The van der Waals surface area contributed by atoms with Crippen LogP contribution in [-0.2, 0) is 4.74 Å².